The number of esters is 1. The molecule has 4 nitrogen and oxygen atoms in total. The van der Waals surface area contributed by atoms with Crippen LogP contribution in [0, 0.1) is 13.8 Å². The van der Waals surface area contributed by atoms with Gasteiger partial charge in [-0.15, -0.1) is 0 Å². The fourth-order valence-electron chi connectivity index (χ4n) is 2.32. The van der Waals surface area contributed by atoms with E-state index in [1.807, 2.05) is 19.1 Å². The molecule has 0 aliphatic rings. The summed E-state index contributed by atoms with van der Waals surface area (Å²) in [6.07, 6.45) is 0. The molecule has 0 bridgehead atoms. The second kappa shape index (κ2) is 7.37. The predicted molar refractivity (Wildman–Crippen MR) is 100.0 cm³/mol. The second-order valence-corrected chi connectivity index (χ2v) is 9.00. The first kappa shape index (κ1) is 19.1. The van der Waals surface area contributed by atoms with E-state index in [0.29, 0.717) is 15.6 Å². The summed E-state index contributed by atoms with van der Waals surface area (Å²) in [7, 11) is -2.38. The van der Waals surface area contributed by atoms with Gasteiger partial charge >= 0.3 is 5.97 Å². The Morgan fingerprint density at radius 3 is 2.42 bits per heavy atom. The molecular formula is C17H16Br2O4S. The number of sulfone groups is 1. The lowest BCUT2D eigenvalue weighted by Gasteiger charge is -2.12. The molecule has 0 heterocycles. The number of hydrogen-bond acceptors (Lipinski definition) is 4. The lowest BCUT2D eigenvalue weighted by Crippen LogP contribution is -2.10. The maximum Gasteiger partial charge on any atom is 0.338 e. The van der Waals surface area contributed by atoms with E-state index in [1.165, 1.54) is 13.2 Å². The topological polar surface area (TPSA) is 60.4 Å². The van der Waals surface area contributed by atoms with Gasteiger partial charge in [0.25, 0.3) is 0 Å². The summed E-state index contributed by atoms with van der Waals surface area (Å²) in [6.45, 7) is 3.63. The van der Waals surface area contributed by atoms with Crippen LogP contribution in [-0.4, -0.2) is 21.5 Å². The first-order valence-electron chi connectivity index (χ1n) is 7.02. The van der Waals surface area contributed by atoms with Crippen LogP contribution in [0.1, 0.15) is 27.0 Å². The molecule has 0 saturated heterocycles. The molecule has 0 atom stereocenters. The van der Waals surface area contributed by atoms with E-state index in [1.54, 1.807) is 19.1 Å². The Kier molecular flexibility index (Phi) is 5.88. The third-order valence-corrected chi connectivity index (χ3v) is 7.39. The van der Waals surface area contributed by atoms with Crippen molar-refractivity contribution in [3.8, 4) is 0 Å². The average Bonchev–Trinajstić information content (AvgIpc) is 2.50. The Hall–Kier alpha value is -1.18. The number of ether oxygens (including phenoxy) is 1. The molecule has 0 unspecified atom stereocenters. The summed E-state index contributed by atoms with van der Waals surface area (Å²) in [6, 6.07) is 8.46. The highest BCUT2D eigenvalue weighted by Gasteiger charge is 2.23. The maximum absolute atomic E-state index is 12.9. The number of benzene rings is 2. The summed E-state index contributed by atoms with van der Waals surface area (Å²) in [5.41, 5.74) is 2.51. The molecule has 0 aromatic heterocycles. The van der Waals surface area contributed by atoms with Crippen molar-refractivity contribution in [1.82, 2.24) is 0 Å². The lowest BCUT2D eigenvalue weighted by atomic mass is 10.1. The van der Waals surface area contributed by atoms with Crippen LogP contribution in [0.4, 0.5) is 0 Å². The molecular weight excluding hydrogens is 460 g/mol. The smallest absolute Gasteiger partial charge is 0.338 e. The van der Waals surface area contributed by atoms with Gasteiger partial charge < -0.3 is 4.74 Å². The zero-order valence-corrected chi connectivity index (χ0v) is 17.4. The van der Waals surface area contributed by atoms with Gasteiger partial charge in [0.1, 0.15) is 0 Å². The molecule has 0 radical (unpaired) electrons. The molecule has 0 N–H and O–H groups in total. The number of carbonyl (C=O) groups excluding carboxylic acids is 1. The monoisotopic (exact) mass is 474 g/mol. The number of aryl methyl sites for hydroxylation is 2. The molecule has 0 amide bonds. The molecule has 2 rings (SSSR count). The highest BCUT2D eigenvalue weighted by Crippen LogP contribution is 2.31. The van der Waals surface area contributed by atoms with Crippen LogP contribution in [0.15, 0.2) is 44.2 Å². The average molecular weight is 476 g/mol. The fourth-order valence-corrected chi connectivity index (χ4v) is 5.57. The van der Waals surface area contributed by atoms with E-state index >= 15 is 0 Å². The van der Waals surface area contributed by atoms with Crippen molar-refractivity contribution in [2.24, 2.45) is 0 Å². The van der Waals surface area contributed by atoms with Gasteiger partial charge in [-0.1, -0.05) is 34.1 Å². The van der Waals surface area contributed by atoms with Crippen LogP contribution in [0.3, 0.4) is 0 Å². The number of methoxy groups -OCH3 is 1. The fraction of sp³-hybridized carbons (Fsp3) is 0.235. The van der Waals surface area contributed by atoms with Gasteiger partial charge in [-0.2, -0.15) is 0 Å². The van der Waals surface area contributed by atoms with Crippen molar-refractivity contribution < 1.29 is 17.9 Å². The van der Waals surface area contributed by atoms with E-state index in [4.69, 9.17) is 4.74 Å². The standard InChI is InChI=1S/C17H16Br2O4S/c1-10-5-4-6-12(16(10)19)9-24(21,22)15-8-13(17(20)23-3)11(2)7-14(15)18/h4-8H,9H2,1-3H3. The first-order chi connectivity index (χ1) is 11.2. The molecule has 24 heavy (non-hydrogen) atoms. The number of halogens is 2. The van der Waals surface area contributed by atoms with Crippen molar-refractivity contribution in [2.45, 2.75) is 24.5 Å². The van der Waals surface area contributed by atoms with Crippen molar-refractivity contribution in [3.05, 3.63) is 61.5 Å². The summed E-state index contributed by atoms with van der Waals surface area (Å²) < 4.78 is 31.6. The van der Waals surface area contributed by atoms with Gasteiger partial charge in [0.15, 0.2) is 9.84 Å². The van der Waals surface area contributed by atoms with Gasteiger partial charge in [-0.3, -0.25) is 0 Å². The minimum absolute atomic E-state index is 0.0712. The third kappa shape index (κ3) is 3.90. The molecule has 0 fully saturated rings. The van der Waals surface area contributed by atoms with E-state index in [0.717, 1.165) is 10.0 Å². The number of rotatable bonds is 4. The van der Waals surface area contributed by atoms with E-state index in [9.17, 15) is 13.2 Å². The molecule has 0 aliphatic carbocycles. The van der Waals surface area contributed by atoms with Gasteiger partial charge in [0.05, 0.1) is 23.3 Å². The molecule has 0 saturated carbocycles. The molecule has 7 heteroatoms. The summed E-state index contributed by atoms with van der Waals surface area (Å²) >= 11 is 6.73. The molecule has 0 aliphatic heterocycles. The van der Waals surface area contributed by atoms with Crippen LogP contribution in [0.25, 0.3) is 0 Å². The Bertz CT molecular complexity index is 905. The van der Waals surface area contributed by atoms with Crippen molar-refractivity contribution in [3.63, 3.8) is 0 Å². The van der Waals surface area contributed by atoms with Gasteiger partial charge in [-0.25, -0.2) is 13.2 Å². The maximum atomic E-state index is 12.9. The summed E-state index contributed by atoms with van der Waals surface area (Å²) in [4.78, 5) is 11.9. The largest absolute Gasteiger partial charge is 0.465 e. The van der Waals surface area contributed by atoms with E-state index < -0.39 is 15.8 Å². The lowest BCUT2D eigenvalue weighted by molar-refractivity contribution is 0.0599. The Labute approximate surface area is 158 Å². The normalized spacial score (nSPS) is 11.4. The van der Waals surface area contributed by atoms with Crippen LogP contribution in [0.5, 0.6) is 0 Å². The number of hydrogen-bond donors (Lipinski definition) is 0. The minimum atomic E-state index is -3.65. The Morgan fingerprint density at radius 2 is 1.79 bits per heavy atom. The zero-order chi connectivity index (χ0) is 18.1. The van der Waals surface area contributed by atoms with Crippen LogP contribution < -0.4 is 0 Å². The quantitative estimate of drug-likeness (QED) is 0.606. The Balaban J connectivity index is 2.53. The third-order valence-electron chi connectivity index (χ3n) is 3.64. The van der Waals surface area contributed by atoms with E-state index in [-0.39, 0.29) is 16.2 Å². The van der Waals surface area contributed by atoms with Gasteiger partial charge in [0, 0.05) is 8.95 Å². The van der Waals surface area contributed by atoms with Crippen molar-refractivity contribution in [2.75, 3.05) is 7.11 Å². The second-order valence-electron chi connectivity index (χ2n) is 5.40. The number of carbonyl (C=O) groups is 1. The van der Waals surface area contributed by atoms with Crippen molar-refractivity contribution in [1.29, 1.82) is 0 Å². The minimum Gasteiger partial charge on any atom is -0.465 e. The highest BCUT2D eigenvalue weighted by molar-refractivity contribution is 9.10. The zero-order valence-electron chi connectivity index (χ0n) is 13.4. The SMILES string of the molecule is COC(=O)c1cc(S(=O)(=O)Cc2cccc(C)c2Br)c(Br)cc1C. The molecule has 2 aromatic carbocycles. The predicted octanol–water partition coefficient (Wildman–Crippen LogP) is 4.59. The summed E-state index contributed by atoms with van der Waals surface area (Å²) in [5, 5.41) is 0. The van der Waals surface area contributed by atoms with E-state index in [2.05, 4.69) is 31.9 Å². The Morgan fingerprint density at radius 1 is 1.12 bits per heavy atom. The van der Waals surface area contributed by atoms with Crippen LogP contribution in [-0.2, 0) is 20.3 Å². The highest BCUT2D eigenvalue weighted by atomic mass is 79.9. The molecule has 2 aromatic rings. The van der Waals surface area contributed by atoms with Crippen molar-refractivity contribution >= 4 is 47.7 Å². The molecule has 0 spiro atoms. The van der Waals surface area contributed by atoms with Gasteiger partial charge in [-0.05, 0) is 58.6 Å². The molecule has 128 valence electrons. The van der Waals surface area contributed by atoms with Gasteiger partial charge in [0.2, 0.25) is 0 Å². The van der Waals surface area contributed by atoms with Crippen LogP contribution in [0.2, 0.25) is 0 Å². The summed E-state index contributed by atoms with van der Waals surface area (Å²) in [5.74, 6) is -0.731. The first-order valence-corrected chi connectivity index (χ1v) is 10.3. The van der Waals surface area contributed by atoms with Crippen LogP contribution >= 0.6 is 31.9 Å².